The van der Waals surface area contributed by atoms with Crippen LogP contribution in [-0.2, 0) is 4.79 Å². The van der Waals surface area contributed by atoms with Gasteiger partial charge in [-0.15, -0.1) is 0 Å². The third kappa shape index (κ3) is 1.95. The molecule has 0 aromatic heterocycles. The highest BCUT2D eigenvalue weighted by Gasteiger charge is 2.18. The first-order valence-corrected chi connectivity index (χ1v) is 5.15. The molecule has 0 bridgehead atoms. The van der Waals surface area contributed by atoms with E-state index in [1.54, 1.807) is 0 Å². The molecule has 14 heavy (non-hydrogen) atoms. The molecule has 2 rings (SSSR count). The Hall–Kier alpha value is -1.31. The second-order valence-electron chi connectivity index (χ2n) is 3.80. The maximum atomic E-state index is 10.6. The standard InChI is InChI=1S/C12H15NO/c14-10-11-6-8-13(9-7-11)12-4-2-1-3-5-12/h1-5,10-11H,6-9H2. The normalized spacial score (nSPS) is 18.1. The Balaban J connectivity index is 1.99. The fourth-order valence-electron chi connectivity index (χ4n) is 1.93. The van der Waals surface area contributed by atoms with Crippen molar-refractivity contribution in [2.45, 2.75) is 12.8 Å². The fourth-order valence-corrected chi connectivity index (χ4v) is 1.93. The lowest BCUT2D eigenvalue weighted by Gasteiger charge is -2.31. The molecule has 2 nitrogen and oxygen atoms in total. The molecule has 0 radical (unpaired) electrons. The summed E-state index contributed by atoms with van der Waals surface area (Å²) in [6.45, 7) is 2.01. The Bertz CT molecular complexity index is 288. The smallest absolute Gasteiger partial charge is 0.123 e. The maximum Gasteiger partial charge on any atom is 0.123 e. The van der Waals surface area contributed by atoms with Gasteiger partial charge in [0.05, 0.1) is 0 Å². The number of para-hydroxylation sites is 1. The number of hydrogen-bond acceptors (Lipinski definition) is 2. The maximum absolute atomic E-state index is 10.6. The molecule has 1 fully saturated rings. The number of carbonyl (C=O) groups is 1. The lowest BCUT2D eigenvalue weighted by Crippen LogP contribution is -2.33. The molecule has 0 unspecified atom stereocenters. The molecule has 2 heteroatoms. The van der Waals surface area contributed by atoms with E-state index < -0.39 is 0 Å². The number of piperidine rings is 1. The van der Waals surface area contributed by atoms with Gasteiger partial charge in [0.1, 0.15) is 6.29 Å². The van der Waals surface area contributed by atoms with Crippen molar-refractivity contribution in [2.75, 3.05) is 18.0 Å². The quantitative estimate of drug-likeness (QED) is 0.664. The highest BCUT2D eigenvalue weighted by molar-refractivity contribution is 5.55. The Morgan fingerprint density at radius 1 is 1.14 bits per heavy atom. The van der Waals surface area contributed by atoms with E-state index in [9.17, 15) is 4.79 Å². The monoisotopic (exact) mass is 189 g/mol. The summed E-state index contributed by atoms with van der Waals surface area (Å²) in [5.74, 6) is 0.287. The zero-order chi connectivity index (χ0) is 9.80. The van der Waals surface area contributed by atoms with E-state index in [2.05, 4.69) is 29.2 Å². The third-order valence-corrected chi connectivity index (χ3v) is 2.85. The van der Waals surface area contributed by atoms with E-state index in [-0.39, 0.29) is 5.92 Å². The molecular formula is C12H15NO. The largest absolute Gasteiger partial charge is 0.371 e. The molecule has 0 aliphatic carbocycles. The van der Waals surface area contributed by atoms with Crippen LogP contribution in [0, 0.1) is 5.92 Å². The molecule has 1 aliphatic rings. The van der Waals surface area contributed by atoms with Gasteiger partial charge in [0.15, 0.2) is 0 Å². The second kappa shape index (κ2) is 4.27. The molecule has 0 N–H and O–H groups in total. The SMILES string of the molecule is O=CC1CCN(c2ccccc2)CC1. The van der Waals surface area contributed by atoms with Crippen LogP contribution < -0.4 is 4.90 Å². The number of aldehydes is 1. The number of hydrogen-bond donors (Lipinski definition) is 0. The third-order valence-electron chi connectivity index (χ3n) is 2.85. The van der Waals surface area contributed by atoms with Crippen LogP contribution in [0.1, 0.15) is 12.8 Å². The minimum atomic E-state index is 0.287. The molecule has 74 valence electrons. The molecule has 0 atom stereocenters. The van der Waals surface area contributed by atoms with Gasteiger partial charge in [0.25, 0.3) is 0 Å². The summed E-state index contributed by atoms with van der Waals surface area (Å²) in [6.07, 6.45) is 3.10. The lowest BCUT2D eigenvalue weighted by molar-refractivity contribution is -0.111. The van der Waals surface area contributed by atoms with Crippen molar-refractivity contribution in [1.82, 2.24) is 0 Å². The molecule has 1 aliphatic heterocycles. The van der Waals surface area contributed by atoms with Gasteiger partial charge in [0.2, 0.25) is 0 Å². The van der Waals surface area contributed by atoms with Crippen molar-refractivity contribution < 1.29 is 4.79 Å². The highest BCUT2D eigenvalue weighted by Crippen LogP contribution is 2.21. The van der Waals surface area contributed by atoms with Crippen molar-refractivity contribution in [3.63, 3.8) is 0 Å². The van der Waals surface area contributed by atoms with Crippen molar-refractivity contribution in [3.8, 4) is 0 Å². The van der Waals surface area contributed by atoms with Crippen molar-refractivity contribution in [2.24, 2.45) is 5.92 Å². The molecular weight excluding hydrogens is 174 g/mol. The van der Waals surface area contributed by atoms with Gasteiger partial charge in [-0.3, -0.25) is 0 Å². The Morgan fingerprint density at radius 2 is 1.79 bits per heavy atom. The van der Waals surface area contributed by atoms with Crippen LogP contribution in [-0.4, -0.2) is 19.4 Å². The van der Waals surface area contributed by atoms with E-state index in [4.69, 9.17) is 0 Å². The molecule has 0 amide bonds. The van der Waals surface area contributed by atoms with Gasteiger partial charge in [-0.25, -0.2) is 0 Å². The van der Waals surface area contributed by atoms with Crippen LogP contribution in [0.4, 0.5) is 5.69 Å². The summed E-state index contributed by atoms with van der Waals surface area (Å²) in [5.41, 5.74) is 1.27. The molecule has 1 aromatic carbocycles. The number of benzene rings is 1. The number of anilines is 1. The molecule has 1 aromatic rings. The average Bonchev–Trinajstić information content (AvgIpc) is 2.30. The highest BCUT2D eigenvalue weighted by atomic mass is 16.1. The Labute approximate surface area is 84.5 Å². The number of carbonyl (C=O) groups excluding carboxylic acids is 1. The lowest BCUT2D eigenvalue weighted by atomic mass is 9.98. The van der Waals surface area contributed by atoms with Crippen LogP contribution in [0.15, 0.2) is 30.3 Å². The number of nitrogens with zero attached hydrogens (tertiary/aromatic N) is 1. The van der Waals surface area contributed by atoms with E-state index >= 15 is 0 Å². The van der Waals surface area contributed by atoms with Gasteiger partial charge in [-0.1, -0.05) is 18.2 Å². The van der Waals surface area contributed by atoms with E-state index in [0.29, 0.717) is 0 Å². The van der Waals surface area contributed by atoms with Gasteiger partial charge in [-0.05, 0) is 25.0 Å². The Morgan fingerprint density at radius 3 is 2.36 bits per heavy atom. The summed E-state index contributed by atoms with van der Waals surface area (Å²) in [5, 5.41) is 0. The van der Waals surface area contributed by atoms with Gasteiger partial charge < -0.3 is 9.69 Å². The van der Waals surface area contributed by atoms with E-state index in [1.165, 1.54) is 5.69 Å². The van der Waals surface area contributed by atoms with Crippen LogP contribution >= 0.6 is 0 Å². The second-order valence-corrected chi connectivity index (χ2v) is 3.80. The van der Waals surface area contributed by atoms with Gasteiger partial charge in [0, 0.05) is 24.7 Å². The summed E-state index contributed by atoms with van der Waals surface area (Å²) in [7, 11) is 0. The summed E-state index contributed by atoms with van der Waals surface area (Å²) in [6, 6.07) is 10.4. The van der Waals surface area contributed by atoms with Crippen LogP contribution in [0.2, 0.25) is 0 Å². The first-order valence-electron chi connectivity index (χ1n) is 5.15. The predicted octanol–water partition coefficient (Wildman–Crippen LogP) is 2.10. The van der Waals surface area contributed by atoms with Gasteiger partial charge >= 0.3 is 0 Å². The summed E-state index contributed by atoms with van der Waals surface area (Å²) in [4.78, 5) is 12.9. The minimum absolute atomic E-state index is 0.287. The topological polar surface area (TPSA) is 20.3 Å². The number of rotatable bonds is 2. The zero-order valence-electron chi connectivity index (χ0n) is 8.23. The van der Waals surface area contributed by atoms with Crippen molar-refractivity contribution >= 4 is 12.0 Å². The summed E-state index contributed by atoms with van der Waals surface area (Å²) >= 11 is 0. The van der Waals surface area contributed by atoms with Crippen LogP contribution in [0.3, 0.4) is 0 Å². The van der Waals surface area contributed by atoms with Gasteiger partial charge in [-0.2, -0.15) is 0 Å². The molecule has 0 saturated carbocycles. The summed E-state index contributed by atoms with van der Waals surface area (Å²) < 4.78 is 0. The Kier molecular flexibility index (Phi) is 2.82. The first-order chi connectivity index (χ1) is 6.90. The van der Waals surface area contributed by atoms with Crippen molar-refractivity contribution in [1.29, 1.82) is 0 Å². The molecule has 1 heterocycles. The van der Waals surface area contributed by atoms with Crippen molar-refractivity contribution in [3.05, 3.63) is 30.3 Å². The molecule has 1 saturated heterocycles. The van der Waals surface area contributed by atoms with E-state index in [0.717, 1.165) is 32.2 Å². The van der Waals surface area contributed by atoms with E-state index in [1.807, 2.05) is 6.07 Å². The fraction of sp³-hybridized carbons (Fsp3) is 0.417. The van der Waals surface area contributed by atoms with Crippen LogP contribution in [0.25, 0.3) is 0 Å². The average molecular weight is 189 g/mol. The minimum Gasteiger partial charge on any atom is -0.371 e. The predicted molar refractivity (Wildman–Crippen MR) is 57.4 cm³/mol. The molecule has 0 spiro atoms. The van der Waals surface area contributed by atoms with Crippen LogP contribution in [0.5, 0.6) is 0 Å². The first kappa shape index (κ1) is 9.25. The zero-order valence-corrected chi connectivity index (χ0v) is 8.23.